The van der Waals surface area contributed by atoms with Crippen molar-refractivity contribution in [3.63, 3.8) is 0 Å². The van der Waals surface area contributed by atoms with E-state index < -0.39 is 28.4 Å². The Kier molecular flexibility index (Phi) is 5.06. The highest BCUT2D eigenvalue weighted by molar-refractivity contribution is 7.89. The van der Waals surface area contributed by atoms with Gasteiger partial charge >= 0.3 is 5.97 Å². The van der Waals surface area contributed by atoms with Crippen LogP contribution in [0.3, 0.4) is 0 Å². The maximum atomic E-state index is 12.5. The minimum absolute atomic E-state index is 0.0183. The highest BCUT2D eigenvalue weighted by Crippen LogP contribution is 2.23. The summed E-state index contributed by atoms with van der Waals surface area (Å²) in [6.45, 7) is 3.16. The molecule has 8 heteroatoms. The molecule has 0 radical (unpaired) electrons. The summed E-state index contributed by atoms with van der Waals surface area (Å²) in [7, 11) is -3.66. The highest BCUT2D eigenvalue weighted by atomic mass is 32.2. The fourth-order valence-electron chi connectivity index (χ4n) is 2.15. The van der Waals surface area contributed by atoms with Crippen LogP contribution in [0.2, 0.25) is 0 Å². The zero-order valence-corrected chi connectivity index (χ0v) is 13.9. The molecule has 1 amide bonds. The number of hydrogen-bond acceptors (Lipinski definition) is 4. The van der Waals surface area contributed by atoms with Gasteiger partial charge in [0.1, 0.15) is 6.54 Å². The number of amides is 1. The molecule has 7 nitrogen and oxygen atoms in total. The van der Waals surface area contributed by atoms with Crippen LogP contribution >= 0.6 is 0 Å². The number of sulfonamides is 1. The average Bonchev–Trinajstić information content (AvgIpc) is 3.27. The average molecular weight is 340 g/mol. The highest BCUT2D eigenvalue weighted by Gasteiger charge is 2.29. The van der Waals surface area contributed by atoms with E-state index in [0.29, 0.717) is 5.56 Å². The number of benzene rings is 1. The predicted octanol–water partition coefficient (Wildman–Crippen LogP) is 0.982. The molecular weight excluding hydrogens is 320 g/mol. The Balaban J connectivity index is 2.32. The van der Waals surface area contributed by atoms with Crippen LogP contribution in [-0.2, 0) is 14.8 Å². The Morgan fingerprint density at radius 1 is 1.35 bits per heavy atom. The molecule has 0 aliphatic heterocycles. The second-order valence-corrected chi connectivity index (χ2v) is 7.30. The van der Waals surface area contributed by atoms with Gasteiger partial charge in [0.15, 0.2) is 0 Å². The Morgan fingerprint density at radius 2 is 2.00 bits per heavy atom. The number of nitrogens with one attached hydrogen (secondary N) is 1. The Labute approximate surface area is 135 Å². The van der Waals surface area contributed by atoms with Crippen LogP contribution in [-0.4, -0.2) is 49.4 Å². The van der Waals surface area contributed by atoms with Crippen molar-refractivity contribution < 1.29 is 23.1 Å². The summed E-state index contributed by atoms with van der Waals surface area (Å²) in [6, 6.07) is 4.29. The molecule has 0 spiro atoms. The molecule has 1 fully saturated rings. The van der Waals surface area contributed by atoms with Gasteiger partial charge in [0, 0.05) is 18.2 Å². The van der Waals surface area contributed by atoms with E-state index in [1.807, 2.05) is 0 Å². The van der Waals surface area contributed by atoms with Crippen molar-refractivity contribution in [2.75, 3.05) is 13.1 Å². The molecule has 0 aromatic heterocycles. The van der Waals surface area contributed by atoms with Gasteiger partial charge in [-0.3, -0.25) is 9.59 Å². The first-order chi connectivity index (χ1) is 10.7. The number of rotatable bonds is 7. The molecule has 0 heterocycles. The maximum Gasteiger partial charge on any atom is 0.323 e. The molecule has 1 aliphatic carbocycles. The smallest absolute Gasteiger partial charge is 0.323 e. The van der Waals surface area contributed by atoms with Crippen LogP contribution in [0.5, 0.6) is 0 Å². The number of carboxylic acids is 1. The normalized spacial score (nSPS) is 14.5. The minimum Gasteiger partial charge on any atom is -0.480 e. The first-order valence-corrected chi connectivity index (χ1v) is 8.87. The summed E-state index contributed by atoms with van der Waals surface area (Å²) in [4.78, 5) is 24.5. The van der Waals surface area contributed by atoms with Gasteiger partial charge in [0.2, 0.25) is 10.0 Å². The van der Waals surface area contributed by atoms with Crippen molar-refractivity contribution in [3.05, 3.63) is 29.3 Å². The van der Waals surface area contributed by atoms with Gasteiger partial charge in [0.25, 0.3) is 5.91 Å². The lowest BCUT2D eigenvalue weighted by molar-refractivity contribution is -0.137. The van der Waals surface area contributed by atoms with E-state index in [1.165, 1.54) is 12.1 Å². The Hall–Kier alpha value is -1.93. The lowest BCUT2D eigenvalue weighted by Gasteiger charge is -2.20. The Bertz CT molecular complexity index is 725. The molecule has 2 rings (SSSR count). The SMILES string of the molecule is CCN(CC(=O)O)C(=O)c1cc(S(=O)(=O)NC2CC2)ccc1C. The topological polar surface area (TPSA) is 104 Å². The summed E-state index contributed by atoms with van der Waals surface area (Å²) in [5.41, 5.74) is 0.802. The fourth-order valence-corrected chi connectivity index (χ4v) is 3.48. The second kappa shape index (κ2) is 6.67. The summed E-state index contributed by atoms with van der Waals surface area (Å²) >= 11 is 0. The van der Waals surface area contributed by atoms with Gasteiger partial charge in [-0.05, 0) is 44.4 Å². The van der Waals surface area contributed by atoms with Crippen molar-refractivity contribution in [1.82, 2.24) is 9.62 Å². The molecule has 1 saturated carbocycles. The molecule has 1 aromatic carbocycles. The number of aryl methyl sites for hydroxylation is 1. The molecule has 2 N–H and O–H groups in total. The molecule has 126 valence electrons. The van der Waals surface area contributed by atoms with Crippen molar-refractivity contribution in [2.24, 2.45) is 0 Å². The van der Waals surface area contributed by atoms with E-state index in [0.717, 1.165) is 17.7 Å². The maximum absolute atomic E-state index is 12.5. The molecule has 0 saturated heterocycles. The standard InChI is InChI=1S/C15H20N2O5S/c1-3-17(9-14(18)19)15(20)13-8-12(7-4-10(13)2)23(21,22)16-11-5-6-11/h4,7-8,11,16H,3,5-6,9H2,1-2H3,(H,18,19). The van der Waals surface area contributed by atoms with Gasteiger partial charge in [-0.2, -0.15) is 0 Å². The minimum atomic E-state index is -3.66. The quantitative estimate of drug-likeness (QED) is 0.770. The molecule has 0 unspecified atom stereocenters. The van der Waals surface area contributed by atoms with E-state index >= 15 is 0 Å². The second-order valence-electron chi connectivity index (χ2n) is 5.59. The van der Waals surface area contributed by atoms with Gasteiger partial charge in [-0.15, -0.1) is 0 Å². The van der Waals surface area contributed by atoms with Crippen molar-refractivity contribution in [3.8, 4) is 0 Å². The Morgan fingerprint density at radius 3 is 2.52 bits per heavy atom. The van der Waals surface area contributed by atoms with Gasteiger partial charge < -0.3 is 10.0 Å². The third kappa shape index (κ3) is 4.29. The number of aliphatic carboxylic acids is 1. The molecule has 1 aliphatic rings. The van der Waals surface area contributed by atoms with Crippen LogP contribution in [0.25, 0.3) is 0 Å². The van der Waals surface area contributed by atoms with E-state index in [2.05, 4.69) is 4.72 Å². The van der Waals surface area contributed by atoms with E-state index in [4.69, 9.17) is 5.11 Å². The molecule has 23 heavy (non-hydrogen) atoms. The van der Waals surface area contributed by atoms with Crippen LogP contribution < -0.4 is 4.72 Å². The van der Waals surface area contributed by atoms with Gasteiger partial charge in [0.05, 0.1) is 4.90 Å². The summed E-state index contributed by atoms with van der Waals surface area (Å²) in [6.07, 6.45) is 1.64. The van der Waals surface area contributed by atoms with Crippen LogP contribution in [0.1, 0.15) is 35.7 Å². The first-order valence-electron chi connectivity index (χ1n) is 7.38. The van der Waals surface area contributed by atoms with Crippen LogP contribution in [0, 0.1) is 6.92 Å². The number of carbonyl (C=O) groups excluding carboxylic acids is 1. The number of carboxylic acid groups (broad SMARTS) is 1. The summed E-state index contributed by atoms with van der Waals surface area (Å²) in [5.74, 6) is -1.60. The summed E-state index contributed by atoms with van der Waals surface area (Å²) in [5, 5.41) is 8.87. The third-order valence-corrected chi connectivity index (χ3v) is 5.16. The zero-order valence-electron chi connectivity index (χ0n) is 13.1. The first kappa shape index (κ1) is 17.4. The van der Waals surface area contributed by atoms with Gasteiger partial charge in [-0.1, -0.05) is 6.07 Å². The third-order valence-electron chi connectivity index (χ3n) is 3.64. The zero-order chi connectivity index (χ0) is 17.2. The molecule has 1 aromatic rings. The van der Waals surface area contributed by atoms with Crippen LogP contribution in [0.15, 0.2) is 23.1 Å². The molecular formula is C15H20N2O5S. The van der Waals surface area contributed by atoms with Gasteiger partial charge in [-0.25, -0.2) is 13.1 Å². The monoisotopic (exact) mass is 340 g/mol. The predicted molar refractivity (Wildman–Crippen MR) is 83.7 cm³/mol. The van der Waals surface area contributed by atoms with E-state index in [9.17, 15) is 18.0 Å². The van der Waals surface area contributed by atoms with E-state index in [-0.39, 0.29) is 23.0 Å². The van der Waals surface area contributed by atoms with E-state index in [1.54, 1.807) is 19.9 Å². The number of hydrogen-bond donors (Lipinski definition) is 2. The van der Waals surface area contributed by atoms with Crippen molar-refractivity contribution in [2.45, 2.75) is 37.6 Å². The number of carbonyl (C=O) groups is 2. The fraction of sp³-hybridized carbons (Fsp3) is 0.467. The van der Waals surface area contributed by atoms with Crippen molar-refractivity contribution in [1.29, 1.82) is 0 Å². The summed E-state index contributed by atoms with van der Waals surface area (Å²) < 4.78 is 27.1. The van der Waals surface area contributed by atoms with Crippen molar-refractivity contribution >= 4 is 21.9 Å². The number of nitrogens with zero attached hydrogens (tertiary/aromatic N) is 1. The number of likely N-dealkylation sites (N-methyl/N-ethyl adjacent to an activating group) is 1. The lowest BCUT2D eigenvalue weighted by Crippen LogP contribution is -2.36. The molecule has 0 bridgehead atoms. The van der Waals surface area contributed by atoms with Crippen LogP contribution in [0.4, 0.5) is 0 Å². The lowest BCUT2D eigenvalue weighted by atomic mass is 10.1. The molecule has 0 atom stereocenters. The largest absolute Gasteiger partial charge is 0.480 e.